The maximum atomic E-state index is 12.9. The van der Waals surface area contributed by atoms with Crippen molar-refractivity contribution in [2.75, 3.05) is 25.6 Å². The Balaban J connectivity index is 1.49. The number of para-hydroxylation sites is 1. The lowest BCUT2D eigenvalue weighted by Gasteiger charge is -2.13. The minimum Gasteiger partial charge on any atom is -0.497 e. The van der Waals surface area contributed by atoms with E-state index in [0.29, 0.717) is 24.7 Å². The third-order valence-electron chi connectivity index (χ3n) is 5.34. The van der Waals surface area contributed by atoms with Crippen LogP contribution in [0.3, 0.4) is 0 Å². The number of methoxy groups -OCH3 is 1. The fraction of sp³-hybridized carbons (Fsp3) is 0.185. The van der Waals surface area contributed by atoms with E-state index in [0.717, 1.165) is 29.1 Å². The molecule has 1 amide bonds. The van der Waals surface area contributed by atoms with Crippen molar-refractivity contribution in [2.45, 2.75) is 13.3 Å². The van der Waals surface area contributed by atoms with Crippen molar-refractivity contribution in [1.82, 2.24) is 10.3 Å². The van der Waals surface area contributed by atoms with Gasteiger partial charge in [-0.15, -0.1) is 0 Å². The number of hydrogen-bond acceptors (Lipinski definition) is 4. The zero-order valence-electron chi connectivity index (χ0n) is 19.3. The van der Waals surface area contributed by atoms with Crippen LogP contribution in [0.4, 0.5) is 5.69 Å². The van der Waals surface area contributed by atoms with Gasteiger partial charge in [0.2, 0.25) is 5.96 Å². The molecule has 3 aromatic carbocycles. The quantitative estimate of drug-likeness (QED) is 0.257. The predicted octanol–water partition coefficient (Wildman–Crippen LogP) is 5.02. The van der Waals surface area contributed by atoms with Crippen LogP contribution in [-0.4, -0.2) is 37.1 Å². The first-order valence-electron chi connectivity index (χ1n) is 11.2. The Morgan fingerprint density at radius 1 is 0.971 bits per heavy atom. The van der Waals surface area contributed by atoms with E-state index in [9.17, 15) is 4.79 Å². The zero-order valence-corrected chi connectivity index (χ0v) is 19.3. The number of carbonyl (C=O) groups is 1. The summed E-state index contributed by atoms with van der Waals surface area (Å²) in [6.45, 7) is 3.00. The lowest BCUT2D eigenvalue weighted by atomic mass is 10.1. The molecule has 0 aliphatic rings. The molecule has 34 heavy (non-hydrogen) atoms. The van der Waals surface area contributed by atoms with Crippen molar-refractivity contribution in [2.24, 2.45) is 4.99 Å². The van der Waals surface area contributed by atoms with Gasteiger partial charge in [-0.2, -0.15) is 0 Å². The molecule has 0 fully saturated rings. The normalized spacial score (nSPS) is 11.3. The SMILES string of the molecule is CCOc1ccc(C(=O)NC(=NCCc2c[nH]c3ccccc23)Nc2ccc(OC)cc2)cc1. The summed E-state index contributed by atoms with van der Waals surface area (Å²) >= 11 is 0. The summed E-state index contributed by atoms with van der Waals surface area (Å²) in [6.07, 6.45) is 2.74. The van der Waals surface area contributed by atoms with E-state index in [1.54, 1.807) is 31.4 Å². The van der Waals surface area contributed by atoms with E-state index in [2.05, 4.69) is 32.7 Å². The highest BCUT2D eigenvalue weighted by Gasteiger charge is 2.10. The van der Waals surface area contributed by atoms with E-state index < -0.39 is 0 Å². The first-order valence-corrected chi connectivity index (χ1v) is 11.2. The summed E-state index contributed by atoms with van der Waals surface area (Å²) in [6, 6.07) is 22.6. The van der Waals surface area contributed by atoms with Crippen LogP contribution in [0.5, 0.6) is 11.5 Å². The number of benzene rings is 3. The van der Waals surface area contributed by atoms with Crippen LogP contribution in [0.1, 0.15) is 22.8 Å². The number of rotatable bonds is 8. The maximum Gasteiger partial charge on any atom is 0.257 e. The van der Waals surface area contributed by atoms with Gasteiger partial charge in [-0.3, -0.25) is 15.1 Å². The fourth-order valence-corrected chi connectivity index (χ4v) is 3.60. The lowest BCUT2D eigenvalue weighted by Crippen LogP contribution is -2.36. The number of carbonyl (C=O) groups excluding carboxylic acids is 1. The zero-order chi connectivity index (χ0) is 23.8. The Morgan fingerprint density at radius 2 is 1.71 bits per heavy atom. The number of aliphatic imine (C=N–C) groups is 1. The van der Waals surface area contributed by atoms with Gasteiger partial charge >= 0.3 is 0 Å². The van der Waals surface area contributed by atoms with Crippen LogP contribution in [-0.2, 0) is 6.42 Å². The molecule has 0 aliphatic carbocycles. The molecule has 0 saturated heterocycles. The molecule has 174 valence electrons. The number of hydrogen-bond donors (Lipinski definition) is 3. The van der Waals surface area contributed by atoms with Gasteiger partial charge in [-0.25, -0.2) is 0 Å². The van der Waals surface area contributed by atoms with Crippen LogP contribution in [0.25, 0.3) is 10.9 Å². The molecule has 4 rings (SSSR count). The second kappa shape index (κ2) is 11.0. The average Bonchev–Trinajstić information content (AvgIpc) is 3.28. The molecule has 0 saturated carbocycles. The average molecular weight is 457 g/mol. The monoisotopic (exact) mass is 456 g/mol. The third-order valence-corrected chi connectivity index (χ3v) is 5.34. The summed E-state index contributed by atoms with van der Waals surface area (Å²) in [7, 11) is 1.62. The van der Waals surface area contributed by atoms with E-state index in [1.807, 2.05) is 49.5 Å². The first kappa shape index (κ1) is 22.9. The van der Waals surface area contributed by atoms with Gasteiger partial charge in [-0.05, 0) is 73.5 Å². The number of guanidine groups is 1. The number of aromatic nitrogens is 1. The van der Waals surface area contributed by atoms with Crippen molar-refractivity contribution in [3.63, 3.8) is 0 Å². The van der Waals surface area contributed by atoms with Gasteiger partial charge in [0.25, 0.3) is 5.91 Å². The van der Waals surface area contributed by atoms with Gasteiger partial charge in [0, 0.05) is 34.9 Å². The maximum absolute atomic E-state index is 12.9. The molecule has 7 heteroatoms. The predicted molar refractivity (Wildman–Crippen MR) is 136 cm³/mol. The number of anilines is 1. The molecular formula is C27H28N4O3. The summed E-state index contributed by atoms with van der Waals surface area (Å²) in [4.78, 5) is 20.8. The highest BCUT2D eigenvalue weighted by molar-refractivity contribution is 6.10. The molecule has 0 aliphatic heterocycles. The minimum absolute atomic E-state index is 0.255. The molecule has 0 unspecified atom stereocenters. The summed E-state index contributed by atoms with van der Waals surface area (Å²) in [5.41, 5.74) is 3.59. The van der Waals surface area contributed by atoms with E-state index in [-0.39, 0.29) is 5.91 Å². The fourth-order valence-electron chi connectivity index (χ4n) is 3.60. The molecule has 0 atom stereocenters. The highest BCUT2D eigenvalue weighted by Crippen LogP contribution is 2.18. The summed E-state index contributed by atoms with van der Waals surface area (Å²) in [5, 5.41) is 7.29. The molecule has 4 aromatic rings. The number of fused-ring (bicyclic) bond motifs is 1. The number of H-pyrrole nitrogens is 1. The van der Waals surface area contributed by atoms with E-state index in [4.69, 9.17) is 9.47 Å². The van der Waals surface area contributed by atoms with E-state index in [1.165, 1.54) is 10.9 Å². The van der Waals surface area contributed by atoms with Gasteiger partial charge < -0.3 is 19.8 Å². The summed E-state index contributed by atoms with van der Waals surface area (Å²) in [5.74, 6) is 1.60. The largest absolute Gasteiger partial charge is 0.497 e. The standard InChI is InChI=1S/C27H28N4O3/c1-3-34-23-12-8-19(9-13-23)26(32)31-27(30-21-10-14-22(33-2)15-11-21)28-17-16-20-18-29-25-7-5-4-6-24(20)25/h4-15,18,29H,3,16-17H2,1-2H3,(H2,28,30,31,32). The van der Waals surface area contributed by atoms with Gasteiger partial charge in [0.05, 0.1) is 13.7 Å². The third kappa shape index (κ3) is 5.75. The Kier molecular flexibility index (Phi) is 7.45. The van der Waals surface area contributed by atoms with Gasteiger partial charge in [0.15, 0.2) is 0 Å². The second-order valence-electron chi connectivity index (χ2n) is 7.60. The Bertz CT molecular complexity index is 1260. The molecule has 7 nitrogen and oxygen atoms in total. The number of amides is 1. The number of ether oxygens (including phenoxy) is 2. The highest BCUT2D eigenvalue weighted by atomic mass is 16.5. The molecule has 0 radical (unpaired) electrons. The molecule has 0 bridgehead atoms. The van der Waals surface area contributed by atoms with Gasteiger partial charge in [-0.1, -0.05) is 18.2 Å². The molecule has 0 spiro atoms. The Morgan fingerprint density at radius 3 is 2.44 bits per heavy atom. The van der Waals surface area contributed by atoms with Gasteiger partial charge in [0.1, 0.15) is 11.5 Å². The molecule has 3 N–H and O–H groups in total. The Hall–Kier alpha value is -4.26. The summed E-state index contributed by atoms with van der Waals surface area (Å²) < 4.78 is 10.7. The molecule has 1 aromatic heterocycles. The first-order chi connectivity index (χ1) is 16.7. The smallest absolute Gasteiger partial charge is 0.257 e. The van der Waals surface area contributed by atoms with Crippen LogP contribution in [0, 0.1) is 0 Å². The topological polar surface area (TPSA) is 87.7 Å². The minimum atomic E-state index is -0.255. The van der Waals surface area contributed by atoms with Crippen LogP contribution >= 0.6 is 0 Å². The number of nitrogens with one attached hydrogen (secondary N) is 3. The van der Waals surface area contributed by atoms with E-state index >= 15 is 0 Å². The Labute approximate surface area is 198 Å². The van der Waals surface area contributed by atoms with Crippen molar-refractivity contribution in [3.8, 4) is 11.5 Å². The lowest BCUT2D eigenvalue weighted by molar-refractivity contribution is 0.0977. The molecular weight excluding hydrogens is 428 g/mol. The van der Waals surface area contributed by atoms with Crippen LogP contribution in [0.2, 0.25) is 0 Å². The molecule has 1 heterocycles. The van der Waals surface area contributed by atoms with Crippen molar-refractivity contribution in [3.05, 3.63) is 90.1 Å². The number of aromatic amines is 1. The van der Waals surface area contributed by atoms with Crippen molar-refractivity contribution >= 4 is 28.5 Å². The number of nitrogens with zero attached hydrogens (tertiary/aromatic N) is 1. The van der Waals surface area contributed by atoms with Crippen molar-refractivity contribution in [1.29, 1.82) is 0 Å². The van der Waals surface area contributed by atoms with Crippen molar-refractivity contribution < 1.29 is 14.3 Å². The van der Waals surface area contributed by atoms with Crippen LogP contribution < -0.4 is 20.1 Å². The van der Waals surface area contributed by atoms with Crippen LogP contribution in [0.15, 0.2) is 84.0 Å². The second-order valence-corrected chi connectivity index (χ2v) is 7.60.